The molecule has 3 aromatic rings. The van der Waals surface area contributed by atoms with Gasteiger partial charge >= 0.3 is 5.97 Å². The number of nitrogens with zero attached hydrogens (tertiary/aromatic N) is 1. The number of amides is 1. The Bertz CT molecular complexity index is 1290. The molecular formula is C26H18F5NO3. The van der Waals surface area contributed by atoms with Crippen molar-refractivity contribution in [2.45, 2.75) is 30.9 Å². The Morgan fingerprint density at radius 1 is 0.857 bits per heavy atom. The molecule has 1 saturated heterocycles. The lowest BCUT2D eigenvalue weighted by atomic mass is 9.93. The van der Waals surface area contributed by atoms with Crippen LogP contribution in [0.2, 0.25) is 0 Å². The molecule has 1 unspecified atom stereocenters. The number of ether oxygens (including phenoxy) is 1. The second-order valence-electron chi connectivity index (χ2n) is 8.66. The molecule has 1 saturated carbocycles. The number of fused-ring (bicyclic) bond motifs is 1. The van der Waals surface area contributed by atoms with Crippen molar-refractivity contribution in [2.24, 2.45) is 5.92 Å². The molecule has 5 rings (SSSR count). The smallest absolute Gasteiger partial charge is 0.308 e. The molecule has 1 heterocycles. The second-order valence-corrected chi connectivity index (χ2v) is 8.66. The zero-order valence-electron chi connectivity index (χ0n) is 18.1. The fourth-order valence-electron chi connectivity index (χ4n) is 5.01. The lowest BCUT2D eigenvalue weighted by molar-refractivity contribution is -0.145. The topological polar surface area (TPSA) is 46.6 Å². The number of esters is 1. The third kappa shape index (κ3) is 3.57. The molecular weight excluding hydrogens is 469 g/mol. The lowest BCUT2D eigenvalue weighted by Gasteiger charge is -2.29. The molecule has 0 aromatic heterocycles. The van der Waals surface area contributed by atoms with Crippen LogP contribution < -0.4 is 4.90 Å². The van der Waals surface area contributed by atoms with Crippen LogP contribution in [0.3, 0.4) is 0 Å². The van der Waals surface area contributed by atoms with Crippen molar-refractivity contribution in [2.75, 3.05) is 4.90 Å². The number of halogens is 5. The van der Waals surface area contributed by atoms with Gasteiger partial charge in [-0.3, -0.25) is 9.59 Å². The fourth-order valence-corrected chi connectivity index (χ4v) is 5.01. The summed E-state index contributed by atoms with van der Waals surface area (Å²) >= 11 is 0. The zero-order chi connectivity index (χ0) is 24.9. The van der Waals surface area contributed by atoms with E-state index in [2.05, 4.69) is 0 Å². The highest BCUT2D eigenvalue weighted by molar-refractivity contribution is 6.08. The zero-order valence-corrected chi connectivity index (χ0v) is 18.1. The number of benzene rings is 3. The molecule has 0 radical (unpaired) electrons. The molecule has 2 aliphatic rings. The van der Waals surface area contributed by atoms with Gasteiger partial charge in [0, 0.05) is 5.92 Å². The van der Waals surface area contributed by atoms with E-state index in [0.717, 1.165) is 0 Å². The average molecular weight is 487 g/mol. The van der Waals surface area contributed by atoms with Gasteiger partial charge in [-0.15, -0.1) is 0 Å². The predicted molar refractivity (Wildman–Crippen MR) is 115 cm³/mol. The van der Waals surface area contributed by atoms with Gasteiger partial charge in [0.25, 0.3) is 0 Å². The average Bonchev–Trinajstić information content (AvgIpc) is 3.59. The summed E-state index contributed by atoms with van der Waals surface area (Å²) in [5.41, 5.74) is -1.32. The van der Waals surface area contributed by atoms with Gasteiger partial charge in [-0.1, -0.05) is 60.7 Å². The Morgan fingerprint density at radius 2 is 1.40 bits per heavy atom. The normalized spacial score (nSPS) is 22.8. The number of piperidine rings is 1. The van der Waals surface area contributed by atoms with Gasteiger partial charge in [-0.2, -0.15) is 0 Å². The van der Waals surface area contributed by atoms with Crippen LogP contribution in [0.25, 0.3) is 0 Å². The van der Waals surface area contributed by atoms with E-state index in [1.807, 2.05) is 0 Å². The van der Waals surface area contributed by atoms with E-state index in [4.69, 9.17) is 4.74 Å². The minimum atomic E-state index is -2.32. The van der Waals surface area contributed by atoms with E-state index in [1.165, 1.54) is 0 Å². The number of anilines is 1. The molecule has 3 atom stereocenters. The third-order valence-electron chi connectivity index (χ3n) is 6.75. The maximum absolute atomic E-state index is 14.7. The summed E-state index contributed by atoms with van der Waals surface area (Å²) < 4.78 is 76.5. The monoisotopic (exact) mass is 487 g/mol. The Morgan fingerprint density at radius 3 is 2.00 bits per heavy atom. The van der Waals surface area contributed by atoms with E-state index >= 15 is 0 Å². The molecule has 4 nitrogen and oxygen atoms in total. The molecule has 9 heteroatoms. The van der Waals surface area contributed by atoms with Gasteiger partial charge in [0.05, 0.1) is 17.9 Å². The highest BCUT2D eigenvalue weighted by Gasteiger charge is 2.72. The van der Waals surface area contributed by atoms with Gasteiger partial charge in [-0.25, -0.2) is 22.0 Å². The van der Waals surface area contributed by atoms with Gasteiger partial charge < -0.3 is 9.64 Å². The van der Waals surface area contributed by atoms with Crippen LogP contribution in [-0.2, 0) is 26.3 Å². The summed E-state index contributed by atoms with van der Waals surface area (Å²) in [6.45, 7) is -0.0721. The highest BCUT2D eigenvalue weighted by atomic mass is 19.2. The standard InChI is InChI=1S/C26H18F5NO3/c27-19-20(28)22(30)24(23(31)21(19)29)32-17(11-18(33)35-13-14-7-3-1-4-8-14)16-12-26(16,25(32)34)15-9-5-2-6-10-15/h1-10,16-17H,11-13H2/t16?,17-,26-/m1/s1. The van der Waals surface area contributed by atoms with E-state index in [1.54, 1.807) is 60.7 Å². The van der Waals surface area contributed by atoms with Crippen LogP contribution in [0.4, 0.5) is 27.6 Å². The summed E-state index contributed by atoms with van der Waals surface area (Å²) in [5.74, 6) is -13.1. The molecule has 0 spiro atoms. The summed E-state index contributed by atoms with van der Waals surface area (Å²) in [7, 11) is 0. The van der Waals surface area contributed by atoms with Crippen molar-refractivity contribution < 1.29 is 36.3 Å². The predicted octanol–water partition coefficient (Wildman–Crippen LogP) is 5.19. The van der Waals surface area contributed by atoms with Gasteiger partial charge in [-0.05, 0) is 17.5 Å². The first-order valence-corrected chi connectivity index (χ1v) is 10.9. The number of carbonyl (C=O) groups is 2. The quantitative estimate of drug-likeness (QED) is 0.208. The van der Waals surface area contributed by atoms with E-state index in [9.17, 15) is 31.5 Å². The molecule has 180 valence electrons. The number of hydrogen-bond donors (Lipinski definition) is 0. The highest BCUT2D eigenvalue weighted by Crippen LogP contribution is 2.64. The molecule has 35 heavy (non-hydrogen) atoms. The summed E-state index contributed by atoms with van der Waals surface area (Å²) in [5, 5.41) is 0. The summed E-state index contributed by atoms with van der Waals surface area (Å²) in [4.78, 5) is 26.8. The van der Waals surface area contributed by atoms with E-state index in [0.29, 0.717) is 16.0 Å². The minimum absolute atomic E-state index is 0.0721. The largest absolute Gasteiger partial charge is 0.461 e. The van der Waals surface area contributed by atoms with Gasteiger partial charge in [0.1, 0.15) is 12.3 Å². The SMILES string of the molecule is O=C(C[C@@H]1C2C[C@]2(c2ccccc2)C(=O)N1c1c(F)c(F)c(F)c(F)c1F)OCc1ccccc1. The van der Waals surface area contributed by atoms with Crippen molar-refractivity contribution in [1.29, 1.82) is 0 Å². The van der Waals surface area contributed by atoms with Crippen molar-refractivity contribution in [1.82, 2.24) is 0 Å². The van der Waals surface area contributed by atoms with Crippen molar-refractivity contribution in [3.63, 3.8) is 0 Å². The third-order valence-corrected chi connectivity index (χ3v) is 6.75. The molecule has 1 aliphatic carbocycles. The Kier molecular flexibility index (Phi) is 5.57. The molecule has 2 fully saturated rings. The minimum Gasteiger partial charge on any atom is -0.461 e. The van der Waals surface area contributed by atoms with Crippen LogP contribution in [-0.4, -0.2) is 17.9 Å². The van der Waals surface area contributed by atoms with Crippen LogP contribution in [0, 0.1) is 35.0 Å². The van der Waals surface area contributed by atoms with Gasteiger partial charge in [0.15, 0.2) is 23.3 Å². The summed E-state index contributed by atoms with van der Waals surface area (Å²) in [6.07, 6.45) is -0.199. The maximum atomic E-state index is 14.7. The number of hydrogen-bond acceptors (Lipinski definition) is 3. The van der Waals surface area contributed by atoms with Crippen LogP contribution >= 0.6 is 0 Å². The molecule has 1 aliphatic heterocycles. The van der Waals surface area contributed by atoms with Crippen LogP contribution in [0.5, 0.6) is 0 Å². The second kappa shape index (κ2) is 8.48. The van der Waals surface area contributed by atoms with Gasteiger partial charge in [0.2, 0.25) is 11.7 Å². The fraction of sp³-hybridized carbons (Fsp3) is 0.231. The first kappa shape index (κ1) is 23.0. The van der Waals surface area contributed by atoms with E-state index < -0.39 is 70.4 Å². The van der Waals surface area contributed by atoms with Crippen molar-refractivity contribution >= 4 is 17.6 Å². The van der Waals surface area contributed by atoms with Crippen molar-refractivity contribution in [3.05, 3.63) is 101 Å². The van der Waals surface area contributed by atoms with Crippen LogP contribution in [0.15, 0.2) is 60.7 Å². The van der Waals surface area contributed by atoms with E-state index in [-0.39, 0.29) is 13.0 Å². The molecule has 3 aromatic carbocycles. The lowest BCUT2D eigenvalue weighted by Crippen LogP contribution is -2.42. The Labute approximate surface area is 196 Å². The number of carbonyl (C=O) groups excluding carboxylic acids is 2. The number of rotatable bonds is 6. The first-order chi connectivity index (χ1) is 16.8. The summed E-state index contributed by atoms with van der Waals surface area (Å²) in [6, 6.07) is 16.0. The van der Waals surface area contributed by atoms with Crippen LogP contribution in [0.1, 0.15) is 24.0 Å². The first-order valence-electron chi connectivity index (χ1n) is 10.9. The molecule has 1 amide bonds. The molecule has 0 bridgehead atoms. The maximum Gasteiger partial charge on any atom is 0.308 e. The Balaban J connectivity index is 1.52. The van der Waals surface area contributed by atoms with Crippen molar-refractivity contribution in [3.8, 4) is 0 Å². The Hall–Kier alpha value is -3.75. The molecule has 0 N–H and O–H groups in total.